The number of hydrogen-bond donors (Lipinski definition) is 2. The molecule has 0 bridgehead atoms. The van der Waals surface area contributed by atoms with Crippen molar-refractivity contribution in [1.82, 2.24) is 15.3 Å². The molecule has 20 heavy (non-hydrogen) atoms. The van der Waals surface area contributed by atoms with Gasteiger partial charge in [-0.1, -0.05) is 0 Å². The van der Waals surface area contributed by atoms with Gasteiger partial charge in [-0.25, -0.2) is 4.98 Å². The largest absolute Gasteiger partial charge is 0.497 e. The Morgan fingerprint density at radius 1 is 1.40 bits per heavy atom. The predicted molar refractivity (Wildman–Crippen MR) is 79.0 cm³/mol. The molecule has 2 N–H and O–H groups in total. The smallest absolute Gasteiger partial charge is 0.230 e. The van der Waals surface area contributed by atoms with E-state index in [1.165, 1.54) is 11.8 Å². The summed E-state index contributed by atoms with van der Waals surface area (Å²) in [6.07, 6.45) is 4.16. The van der Waals surface area contributed by atoms with Gasteiger partial charge in [0.15, 0.2) is 0 Å². The molecule has 0 aliphatic rings. The number of aromatic amines is 1. The summed E-state index contributed by atoms with van der Waals surface area (Å²) in [6, 6.07) is 7.67. The molecule has 0 saturated carbocycles. The van der Waals surface area contributed by atoms with Crippen LogP contribution in [0.1, 0.15) is 5.69 Å². The van der Waals surface area contributed by atoms with Crippen LogP contribution in [0.3, 0.4) is 0 Å². The van der Waals surface area contributed by atoms with Gasteiger partial charge in [0, 0.05) is 29.8 Å². The lowest BCUT2D eigenvalue weighted by Gasteiger charge is -2.05. The van der Waals surface area contributed by atoms with Gasteiger partial charge in [0.1, 0.15) is 5.75 Å². The monoisotopic (exact) mass is 291 g/mol. The lowest BCUT2D eigenvalue weighted by atomic mass is 10.3. The minimum Gasteiger partial charge on any atom is -0.497 e. The number of benzene rings is 1. The summed E-state index contributed by atoms with van der Waals surface area (Å²) >= 11 is 1.51. The van der Waals surface area contributed by atoms with Crippen molar-refractivity contribution in [1.29, 1.82) is 0 Å². The molecule has 1 amide bonds. The number of carbonyl (C=O) groups is 1. The van der Waals surface area contributed by atoms with E-state index in [1.807, 2.05) is 24.3 Å². The number of aromatic nitrogens is 2. The number of carbonyl (C=O) groups excluding carboxylic acids is 1. The zero-order valence-electron chi connectivity index (χ0n) is 11.3. The number of nitrogens with zero attached hydrogens (tertiary/aromatic N) is 1. The zero-order valence-corrected chi connectivity index (χ0v) is 12.1. The highest BCUT2D eigenvalue weighted by Crippen LogP contribution is 2.20. The first-order valence-electron chi connectivity index (χ1n) is 6.29. The quantitative estimate of drug-likeness (QED) is 0.764. The second kappa shape index (κ2) is 7.59. The predicted octanol–water partition coefficient (Wildman–Crippen LogP) is 1.87. The van der Waals surface area contributed by atoms with Crippen molar-refractivity contribution < 1.29 is 9.53 Å². The van der Waals surface area contributed by atoms with Crippen molar-refractivity contribution in [2.24, 2.45) is 0 Å². The minimum absolute atomic E-state index is 0.0327. The van der Waals surface area contributed by atoms with Crippen molar-refractivity contribution in [2.75, 3.05) is 19.4 Å². The third kappa shape index (κ3) is 4.62. The maximum Gasteiger partial charge on any atom is 0.230 e. The van der Waals surface area contributed by atoms with E-state index in [9.17, 15) is 4.79 Å². The van der Waals surface area contributed by atoms with Crippen LogP contribution >= 0.6 is 11.8 Å². The lowest BCUT2D eigenvalue weighted by molar-refractivity contribution is -0.118. The van der Waals surface area contributed by atoms with Gasteiger partial charge in [0.25, 0.3) is 0 Å². The highest BCUT2D eigenvalue weighted by atomic mass is 32.2. The van der Waals surface area contributed by atoms with E-state index >= 15 is 0 Å². The molecule has 0 aliphatic heterocycles. The molecule has 5 nitrogen and oxygen atoms in total. The van der Waals surface area contributed by atoms with Crippen molar-refractivity contribution in [3.05, 3.63) is 42.5 Å². The van der Waals surface area contributed by atoms with Crippen molar-refractivity contribution >= 4 is 17.7 Å². The first-order valence-corrected chi connectivity index (χ1v) is 7.27. The number of amides is 1. The number of rotatable bonds is 7. The number of H-pyrrole nitrogens is 1. The van der Waals surface area contributed by atoms with Gasteiger partial charge in [-0.05, 0) is 24.3 Å². The molecule has 1 heterocycles. The van der Waals surface area contributed by atoms with Crippen LogP contribution < -0.4 is 10.1 Å². The first kappa shape index (κ1) is 14.5. The third-order valence-corrected chi connectivity index (χ3v) is 3.71. The van der Waals surface area contributed by atoms with Gasteiger partial charge in [0.05, 0.1) is 19.2 Å². The first-order chi connectivity index (χ1) is 9.78. The molecular formula is C14H17N3O2S. The van der Waals surface area contributed by atoms with Crippen LogP contribution in [0.15, 0.2) is 41.7 Å². The maximum absolute atomic E-state index is 11.7. The second-order valence-corrected chi connectivity index (χ2v) is 5.19. The summed E-state index contributed by atoms with van der Waals surface area (Å²) in [5.41, 5.74) is 1.02. The van der Waals surface area contributed by atoms with E-state index in [0.717, 1.165) is 22.8 Å². The number of ether oxygens (including phenoxy) is 1. The Morgan fingerprint density at radius 3 is 2.85 bits per heavy atom. The Morgan fingerprint density at radius 2 is 2.20 bits per heavy atom. The molecule has 1 aromatic carbocycles. The SMILES string of the molecule is COc1ccc(SCC(=O)NCCc2cnc[nH]2)cc1. The van der Waals surface area contributed by atoms with Crippen molar-refractivity contribution in [3.8, 4) is 5.75 Å². The lowest BCUT2D eigenvalue weighted by Crippen LogP contribution is -2.27. The molecule has 106 valence electrons. The van der Waals surface area contributed by atoms with E-state index in [2.05, 4.69) is 15.3 Å². The van der Waals surface area contributed by atoms with Gasteiger partial charge < -0.3 is 15.0 Å². The summed E-state index contributed by atoms with van der Waals surface area (Å²) in [4.78, 5) is 19.7. The van der Waals surface area contributed by atoms with E-state index in [1.54, 1.807) is 19.6 Å². The van der Waals surface area contributed by atoms with Crippen LogP contribution in [0, 0.1) is 0 Å². The van der Waals surface area contributed by atoms with Crippen molar-refractivity contribution in [2.45, 2.75) is 11.3 Å². The topological polar surface area (TPSA) is 67.0 Å². The van der Waals surface area contributed by atoms with Crippen LogP contribution in [0.25, 0.3) is 0 Å². The van der Waals surface area contributed by atoms with E-state index < -0.39 is 0 Å². The summed E-state index contributed by atoms with van der Waals surface area (Å²) < 4.78 is 5.09. The second-order valence-electron chi connectivity index (χ2n) is 4.14. The van der Waals surface area contributed by atoms with Gasteiger partial charge >= 0.3 is 0 Å². The summed E-state index contributed by atoms with van der Waals surface area (Å²) in [5.74, 6) is 1.26. The number of nitrogens with one attached hydrogen (secondary N) is 2. The number of imidazole rings is 1. The van der Waals surface area contributed by atoms with Crippen LogP contribution in [-0.4, -0.2) is 35.3 Å². The van der Waals surface area contributed by atoms with E-state index in [4.69, 9.17) is 4.74 Å². The van der Waals surface area contributed by atoms with Crippen LogP contribution in [-0.2, 0) is 11.2 Å². The molecule has 1 aromatic heterocycles. The molecule has 0 aliphatic carbocycles. The van der Waals surface area contributed by atoms with Crippen LogP contribution in [0.5, 0.6) is 5.75 Å². The molecule has 2 rings (SSSR count). The molecule has 0 unspecified atom stereocenters. The minimum atomic E-state index is 0.0327. The summed E-state index contributed by atoms with van der Waals surface area (Å²) in [5, 5.41) is 2.88. The number of hydrogen-bond acceptors (Lipinski definition) is 4. The Bertz CT molecular complexity index is 526. The zero-order chi connectivity index (χ0) is 14.2. The average Bonchev–Trinajstić information content (AvgIpc) is 2.99. The van der Waals surface area contributed by atoms with Gasteiger partial charge in [-0.3, -0.25) is 4.79 Å². The fourth-order valence-corrected chi connectivity index (χ4v) is 2.36. The molecule has 2 aromatic rings. The molecule has 0 spiro atoms. The third-order valence-electron chi connectivity index (χ3n) is 2.70. The summed E-state index contributed by atoms with van der Waals surface area (Å²) in [7, 11) is 1.63. The number of thioether (sulfide) groups is 1. The fraction of sp³-hybridized carbons (Fsp3) is 0.286. The summed E-state index contributed by atoms with van der Waals surface area (Å²) in [6.45, 7) is 0.615. The Labute approximate surface area is 122 Å². The Hall–Kier alpha value is -1.95. The maximum atomic E-state index is 11.7. The highest BCUT2D eigenvalue weighted by Gasteiger charge is 2.03. The Balaban J connectivity index is 1.66. The van der Waals surface area contributed by atoms with Crippen LogP contribution in [0.4, 0.5) is 0 Å². The highest BCUT2D eigenvalue weighted by molar-refractivity contribution is 8.00. The molecule has 0 saturated heterocycles. The van der Waals surface area contributed by atoms with E-state index in [0.29, 0.717) is 12.3 Å². The van der Waals surface area contributed by atoms with Gasteiger partial charge in [-0.2, -0.15) is 0 Å². The van der Waals surface area contributed by atoms with Gasteiger partial charge in [0.2, 0.25) is 5.91 Å². The van der Waals surface area contributed by atoms with Crippen molar-refractivity contribution in [3.63, 3.8) is 0 Å². The fourth-order valence-electron chi connectivity index (χ4n) is 1.63. The molecule has 6 heteroatoms. The molecule has 0 fully saturated rings. The molecular weight excluding hydrogens is 274 g/mol. The average molecular weight is 291 g/mol. The van der Waals surface area contributed by atoms with Gasteiger partial charge in [-0.15, -0.1) is 11.8 Å². The molecule has 0 atom stereocenters. The number of methoxy groups -OCH3 is 1. The normalized spacial score (nSPS) is 10.2. The van der Waals surface area contributed by atoms with E-state index in [-0.39, 0.29) is 5.91 Å². The van der Waals surface area contributed by atoms with Crippen LogP contribution in [0.2, 0.25) is 0 Å². The standard InChI is InChI=1S/C14H17N3O2S/c1-19-12-2-4-13(5-3-12)20-9-14(18)16-7-6-11-8-15-10-17-11/h2-5,8,10H,6-7,9H2,1H3,(H,15,17)(H,16,18). The Kier molecular flexibility index (Phi) is 5.49. The molecule has 0 radical (unpaired) electrons.